The second kappa shape index (κ2) is 5.98. The van der Waals surface area contributed by atoms with E-state index in [0.29, 0.717) is 0 Å². The maximum Gasteiger partial charge on any atom is 0.0627 e. The van der Waals surface area contributed by atoms with Gasteiger partial charge in [-0.1, -0.05) is 41.4 Å². The lowest BCUT2D eigenvalue weighted by Gasteiger charge is -2.11. The molecule has 3 heteroatoms. The number of aromatic nitrogens is 1. The van der Waals surface area contributed by atoms with Crippen molar-refractivity contribution in [2.24, 2.45) is 0 Å². The fourth-order valence-corrected chi connectivity index (χ4v) is 4.26. The molecule has 3 rings (SSSR count). The van der Waals surface area contributed by atoms with Crippen molar-refractivity contribution in [2.75, 3.05) is 0 Å². The molecule has 2 aromatic heterocycles. The van der Waals surface area contributed by atoms with E-state index in [9.17, 15) is 0 Å². The molecule has 0 atom stereocenters. The Morgan fingerprint density at radius 2 is 1.86 bits per heavy atom. The van der Waals surface area contributed by atoms with E-state index in [0.717, 1.165) is 17.4 Å². The van der Waals surface area contributed by atoms with Crippen molar-refractivity contribution < 1.29 is 0 Å². The molecule has 0 fully saturated rings. The number of hydrogen-bond acceptors (Lipinski definition) is 1. The summed E-state index contributed by atoms with van der Waals surface area (Å²) in [5.74, 6) is 0. The maximum atomic E-state index is 3.51. The van der Waals surface area contributed by atoms with Crippen molar-refractivity contribution in [3.63, 3.8) is 0 Å². The minimum atomic E-state index is 0.961. The Hall–Kier alpha value is -1.06. The zero-order valence-electron chi connectivity index (χ0n) is 12.7. The predicted molar refractivity (Wildman–Crippen MR) is 96.5 cm³/mol. The van der Waals surface area contributed by atoms with Gasteiger partial charge in [-0.25, -0.2) is 0 Å². The van der Waals surface area contributed by atoms with Crippen molar-refractivity contribution >= 4 is 37.5 Å². The van der Waals surface area contributed by atoms with Crippen LogP contribution in [0, 0.1) is 13.8 Å². The van der Waals surface area contributed by atoms with Gasteiger partial charge in [0.15, 0.2) is 0 Å². The van der Waals surface area contributed by atoms with E-state index in [1.54, 1.807) is 0 Å². The molecule has 0 aliphatic carbocycles. The monoisotopic (exact) mass is 361 g/mol. The smallest absolute Gasteiger partial charge is 0.0627 e. The van der Waals surface area contributed by atoms with Crippen LogP contribution < -0.4 is 0 Å². The fourth-order valence-electron chi connectivity index (χ4n) is 2.86. The van der Waals surface area contributed by atoms with Gasteiger partial charge in [0.25, 0.3) is 0 Å². The van der Waals surface area contributed by atoms with E-state index in [-0.39, 0.29) is 0 Å². The average molecular weight is 362 g/mol. The second-order valence-corrected chi connectivity index (χ2v) is 7.77. The molecule has 0 unspecified atom stereocenters. The summed E-state index contributed by atoms with van der Waals surface area (Å²) in [6.45, 7) is 7.69. The zero-order valence-corrected chi connectivity index (χ0v) is 15.1. The Balaban J connectivity index is 2.09. The molecule has 110 valence electrons. The highest BCUT2D eigenvalue weighted by molar-refractivity contribution is 9.10. The number of halogens is 1. The van der Waals surface area contributed by atoms with Crippen LogP contribution in [-0.4, -0.2) is 4.57 Å². The zero-order chi connectivity index (χ0) is 15.0. The van der Waals surface area contributed by atoms with Crippen LogP contribution in [0.15, 0.2) is 34.8 Å². The van der Waals surface area contributed by atoms with Gasteiger partial charge in [-0.3, -0.25) is 0 Å². The van der Waals surface area contributed by atoms with Crippen LogP contribution >= 0.6 is 27.3 Å². The SMILES string of the molecule is CCCc1cc2sc(C)c(C)c2n1Cc1ccc(Br)cc1. The summed E-state index contributed by atoms with van der Waals surface area (Å²) >= 11 is 5.44. The number of benzene rings is 1. The highest BCUT2D eigenvalue weighted by atomic mass is 79.9. The minimum absolute atomic E-state index is 0.961. The summed E-state index contributed by atoms with van der Waals surface area (Å²) in [5, 5.41) is 0. The minimum Gasteiger partial charge on any atom is -0.339 e. The fraction of sp³-hybridized carbons (Fsp3) is 0.333. The van der Waals surface area contributed by atoms with Crippen LogP contribution in [0.25, 0.3) is 10.2 Å². The highest BCUT2D eigenvalue weighted by Gasteiger charge is 2.14. The van der Waals surface area contributed by atoms with E-state index in [4.69, 9.17) is 0 Å². The van der Waals surface area contributed by atoms with Gasteiger partial charge < -0.3 is 4.57 Å². The average Bonchev–Trinajstić information content (AvgIpc) is 2.92. The molecule has 0 aliphatic rings. The Labute approximate surface area is 138 Å². The Morgan fingerprint density at radius 3 is 2.52 bits per heavy atom. The predicted octanol–water partition coefficient (Wildman–Crippen LogP) is 6.08. The summed E-state index contributed by atoms with van der Waals surface area (Å²) < 4.78 is 5.09. The van der Waals surface area contributed by atoms with Gasteiger partial charge in [0.2, 0.25) is 0 Å². The van der Waals surface area contributed by atoms with Crippen molar-refractivity contribution in [1.29, 1.82) is 0 Å². The molecule has 21 heavy (non-hydrogen) atoms. The molecule has 0 bridgehead atoms. The van der Waals surface area contributed by atoms with Crippen LogP contribution in [-0.2, 0) is 13.0 Å². The molecule has 0 saturated heterocycles. The van der Waals surface area contributed by atoms with Crippen LogP contribution in [0.5, 0.6) is 0 Å². The molecular formula is C18H20BrNS. The molecular weight excluding hydrogens is 342 g/mol. The highest BCUT2D eigenvalue weighted by Crippen LogP contribution is 2.34. The summed E-state index contributed by atoms with van der Waals surface area (Å²) in [6.07, 6.45) is 2.34. The normalized spacial score (nSPS) is 11.4. The molecule has 2 heterocycles. The van der Waals surface area contributed by atoms with E-state index in [1.165, 1.54) is 38.3 Å². The summed E-state index contributed by atoms with van der Waals surface area (Å²) in [4.78, 5) is 1.44. The molecule has 0 spiro atoms. The third kappa shape index (κ3) is 2.82. The molecule has 0 amide bonds. The third-order valence-corrected chi connectivity index (χ3v) is 5.73. The van der Waals surface area contributed by atoms with Crippen molar-refractivity contribution in [2.45, 2.75) is 40.2 Å². The Bertz CT molecular complexity index is 765. The van der Waals surface area contributed by atoms with Gasteiger partial charge in [-0.2, -0.15) is 0 Å². The standard InChI is InChI=1S/C18H20BrNS/c1-4-5-16-10-17-18(12(2)13(3)21-17)20(16)11-14-6-8-15(19)9-7-14/h6-10H,4-5,11H2,1-3H3. The van der Waals surface area contributed by atoms with E-state index in [1.807, 2.05) is 11.3 Å². The van der Waals surface area contributed by atoms with Gasteiger partial charge in [0.1, 0.15) is 0 Å². The number of nitrogens with zero attached hydrogens (tertiary/aromatic N) is 1. The molecule has 3 aromatic rings. The van der Waals surface area contributed by atoms with E-state index >= 15 is 0 Å². The quantitative estimate of drug-likeness (QED) is 0.530. The van der Waals surface area contributed by atoms with Gasteiger partial charge in [-0.15, -0.1) is 11.3 Å². The lowest BCUT2D eigenvalue weighted by molar-refractivity contribution is 0.744. The Morgan fingerprint density at radius 1 is 1.14 bits per heavy atom. The number of hydrogen-bond donors (Lipinski definition) is 0. The van der Waals surface area contributed by atoms with Crippen LogP contribution in [0.3, 0.4) is 0 Å². The molecule has 0 aliphatic heterocycles. The first-order chi connectivity index (χ1) is 10.1. The van der Waals surface area contributed by atoms with Gasteiger partial charge >= 0.3 is 0 Å². The summed E-state index contributed by atoms with van der Waals surface area (Å²) in [7, 11) is 0. The van der Waals surface area contributed by atoms with E-state index in [2.05, 4.69) is 71.6 Å². The lowest BCUT2D eigenvalue weighted by atomic mass is 10.2. The molecule has 1 nitrogen and oxygen atoms in total. The maximum absolute atomic E-state index is 3.51. The Kier molecular flexibility index (Phi) is 4.23. The number of aryl methyl sites for hydroxylation is 3. The lowest BCUT2D eigenvalue weighted by Crippen LogP contribution is -2.04. The summed E-state index contributed by atoms with van der Waals surface area (Å²) in [6, 6.07) is 11.1. The van der Waals surface area contributed by atoms with Crippen LogP contribution in [0.2, 0.25) is 0 Å². The molecule has 0 saturated carbocycles. The van der Waals surface area contributed by atoms with E-state index < -0.39 is 0 Å². The number of thiophene rings is 1. The van der Waals surface area contributed by atoms with Gasteiger partial charge in [0.05, 0.1) is 10.2 Å². The number of rotatable bonds is 4. The first-order valence-electron chi connectivity index (χ1n) is 7.42. The van der Waals surface area contributed by atoms with Crippen LogP contribution in [0.4, 0.5) is 0 Å². The van der Waals surface area contributed by atoms with Crippen LogP contribution in [0.1, 0.15) is 35.0 Å². The first-order valence-corrected chi connectivity index (χ1v) is 9.03. The van der Waals surface area contributed by atoms with Gasteiger partial charge in [0, 0.05) is 21.6 Å². The van der Waals surface area contributed by atoms with Crippen molar-refractivity contribution in [1.82, 2.24) is 4.57 Å². The topological polar surface area (TPSA) is 4.93 Å². The summed E-state index contributed by atoms with van der Waals surface area (Å²) in [5.41, 5.74) is 5.69. The molecule has 0 N–H and O–H groups in total. The largest absolute Gasteiger partial charge is 0.339 e. The molecule has 0 radical (unpaired) electrons. The molecule has 1 aromatic carbocycles. The number of fused-ring (bicyclic) bond motifs is 1. The van der Waals surface area contributed by atoms with Gasteiger partial charge in [-0.05, 0) is 49.6 Å². The third-order valence-electron chi connectivity index (χ3n) is 4.05. The van der Waals surface area contributed by atoms with Crippen molar-refractivity contribution in [3.8, 4) is 0 Å². The second-order valence-electron chi connectivity index (χ2n) is 5.59. The van der Waals surface area contributed by atoms with Crippen molar-refractivity contribution in [3.05, 3.63) is 56.5 Å². The first kappa shape index (κ1) is 14.9.